The molecule has 0 N–H and O–H groups in total. The average molecular weight is 297 g/mol. The second kappa shape index (κ2) is 4.52. The molecule has 0 atom stereocenters. The van der Waals surface area contributed by atoms with Crippen LogP contribution in [0.5, 0.6) is 0 Å². The summed E-state index contributed by atoms with van der Waals surface area (Å²) in [6.45, 7) is 0. The lowest BCUT2D eigenvalue weighted by atomic mass is 10.1. The standard InChI is InChI=1S/C14H8ClF3N2/c15-13-12(14(16,17)18)20(8-19-13)11-7-3-5-9-4-1-2-6-10(9)11/h1-8H. The van der Waals surface area contributed by atoms with Crippen LogP contribution in [-0.4, -0.2) is 9.55 Å². The van der Waals surface area contributed by atoms with E-state index in [1.54, 1.807) is 24.3 Å². The summed E-state index contributed by atoms with van der Waals surface area (Å²) in [6.07, 6.45) is -3.47. The molecule has 2 nitrogen and oxygen atoms in total. The Morgan fingerprint density at radius 2 is 1.70 bits per heavy atom. The van der Waals surface area contributed by atoms with E-state index in [1.165, 1.54) is 0 Å². The molecule has 0 saturated heterocycles. The lowest BCUT2D eigenvalue weighted by Crippen LogP contribution is -2.12. The quantitative estimate of drug-likeness (QED) is 0.636. The van der Waals surface area contributed by atoms with Gasteiger partial charge in [0.05, 0.1) is 5.69 Å². The number of nitrogens with zero attached hydrogens (tertiary/aromatic N) is 2. The molecule has 2 aromatic carbocycles. The van der Waals surface area contributed by atoms with Crippen LogP contribution in [0, 0.1) is 0 Å². The molecule has 0 unspecified atom stereocenters. The van der Waals surface area contributed by atoms with E-state index in [-0.39, 0.29) is 0 Å². The number of halogens is 4. The van der Waals surface area contributed by atoms with Crippen LogP contribution in [0.25, 0.3) is 16.5 Å². The Morgan fingerprint density at radius 3 is 2.45 bits per heavy atom. The fourth-order valence-electron chi connectivity index (χ4n) is 2.18. The minimum atomic E-state index is -4.56. The van der Waals surface area contributed by atoms with E-state index in [0.29, 0.717) is 11.1 Å². The molecule has 3 rings (SSSR count). The fraction of sp³-hybridized carbons (Fsp3) is 0.0714. The number of aromatic nitrogens is 2. The third-order valence-electron chi connectivity index (χ3n) is 3.02. The predicted molar refractivity (Wildman–Crippen MR) is 71.1 cm³/mol. The number of rotatable bonds is 1. The Labute approximate surface area is 117 Å². The number of imidazole rings is 1. The lowest BCUT2D eigenvalue weighted by molar-refractivity contribution is -0.142. The molecule has 0 bridgehead atoms. The van der Waals surface area contributed by atoms with Crippen LogP contribution in [0.2, 0.25) is 5.15 Å². The fourth-order valence-corrected chi connectivity index (χ4v) is 2.42. The zero-order valence-corrected chi connectivity index (χ0v) is 10.8. The summed E-state index contributed by atoms with van der Waals surface area (Å²) < 4.78 is 40.2. The van der Waals surface area contributed by atoms with Gasteiger partial charge < -0.3 is 0 Å². The molecule has 0 radical (unpaired) electrons. The molecule has 1 aromatic heterocycles. The summed E-state index contributed by atoms with van der Waals surface area (Å²) in [5.74, 6) is 0. The van der Waals surface area contributed by atoms with Crippen LogP contribution in [-0.2, 0) is 6.18 Å². The smallest absolute Gasteiger partial charge is 0.293 e. The first kappa shape index (κ1) is 13.0. The van der Waals surface area contributed by atoms with Crippen molar-refractivity contribution in [3.05, 3.63) is 59.6 Å². The Morgan fingerprint density at radius 1 is 1.00 bits per heavy atom. The van der Waals surface area contributed by atoms with Gasteiger partial charge in [0.15, 0.2) is 10.8 Å². The molecule has 0 saturated carbocycles. The molecular weight excluding hydrogens is 289 g/mol. The van der Waals surface area contributed by atoms with E-state index in [0.717, 1.165) is 16.3 Å². The molecule has 1 heterocycles. The molecule has 0 aliphatic heterocycles. The van der Waals surface area contributed by atoms with Gasteiger partial charge in [-0.2, -0.15) is 13.2 Å². The lowest BCUT2D eigenvalue weighted by Gasteiger charge is -2.13. The summed E-state index contributed by atoms with van der Waals surface area (Å²) in [7, 11) is 0. The van der Waals surface area contributed by atoms with Crippen LogP contribution < -0.4 is 0 Å². The van der Waals surface area contributed by atoms with Crippen molar-refractivity contribution in [2.24, 2.45) is 0 Å². The van der Waals surface area contributed by atoms with E-state index >= 15 is 0 Å². The largest absolute Gasteiger partial charge is 0.434 e. The number of alkyl halides is 3. The van der Waals surface area contributed by atoms with Gasteiger partial charge in [0.25, 0.3) is 0 Å². The van der Waals surface area contributed by atoms with Gasteiger partial charge in [-0.05, 0) is 11.5 Å². The minimum absolute atomic E-state index is 0.398. The second-order valence-electron chi connectivity index (χ2n) is 4.25. The third-order valence-corrected chi connectivity index (χ3v) is 3.29. The van der Waals surface area contributed by atoms with Crippen LogP contribution in [0.3, 0.4) is 0 Å². The summed E-state index contributed by atoms with van der Waals surface area (Å²) in [6, 6.07) is 12.4. The van der Waals surface area contributed by atoms with Crippen molar-refractivity contribution in [3.8, 4) is 5.69 Å². The average Bonchev–Trinajstić information content (AvgIpc) is 2.80. The Hall–Kier alpha value is -2.01. The molecular formula is C14H8ClF3N2. The predicted octanol–water partition coefficient (Wildman–Crippen LogP) is 4.70. The highest BCUT2D eigenvalue weighted by atomic mass is 35.5. The van der Waals surface area contributed by atoms with Crippen molar-refractivity contribution >= 4 is 22.4 Å². The van der Waals surface area contributed by atoms with Gasteiger partial charge >= 0.3 is 6.18 Å². The molecule has 0 spiro atoms. The van der Waals surface area contributed by atoms with Gasteiger partial charge in [-0.25, -0.2) is 4.98 Å². The van der Waals surface area contributed by atoms with Crippen molar-refractivity contribution in [1.29, 1.82) is 0 Å². The molecule has 0 fully saturated rings. The first-order chi connectivity index (χ1) is 9.48. The molecule has 3 aromatic rings. The zero-order chi connectivity index (χ0) is 14.3. The van der Waals surface area contributed by atoms with Gasteiger partial charge in [0, 0.05) is 5.39 Å². The molecule has 6 heteroatoms. The van der Waals surface area contributed by atoms with Gasteiger partial charge in [0.1, 0.15) is 6.33 Å². The second-order valence-corrected chi connectivity index (χ2v) is 4.61. The maximum absolute atomic E-state index is 13.1. The number of fused-ring (bicyclic) bond motifs is 1. The van der Waals surface area contributed by atoms with Crippen molar-refractivity contribution < 1.29 is 13.2 Å². The maximum Gasteiger partial charge on any atom is 0.434 e. The van der Waals surface area contributed by atoms with Crippen LogP contribution >= 0.6 is 11.6 Å². The van der Waals surface area contributed by atoms with Gasteiger partial charge in [-0.3, -0.25) is 4.57 Å². The van der Waals surface area contributed by atoms with Crippen molar-refractivity contribution in [2.45, 2.75) is 6.18 Å². The molecule has 0 aliphatic carbocycles. The van der Waals surface area contributed by atoms with E-state index in [4.69, 9.17) is 11.6 Å². The highest BCUT2D eigenvalue weighted by Gasteiger charge is 2.38. The van der Waals surface area contributed by atoms with Crippen molar-refractivity contribution in [1.82, 2.24) is 9.55 Å². The van der Waals surface area contributed by atoms with E-state index in [9.17, 15) is 13.2 Å². The first-order valence-electron chi connectivity index (χ1n) is 5.76. The van der Waals surface area contributed by atoms with E-state index in [2.05, 4.69) is 4.98 Å². The summed E-state index contributed by atoms with van der Waals surface area (Å²) in [5, 5.41) is 1.00. The molecule has 0 aliphatic rings. The van der Waals surface area contributed by atoms with E-state index < -0.39 is 17.0 Å². The van der Waals surface area contributed by atoms with Crippen LogP contribution in [0.1, 0.15) is 5.69 Å². The van der Waals surface area contributed by atoms with E-state index in [1.807, 2.05) is 18.2 Å². The monoisotopic (exact) mass is 296 g/mol. The number of benzene rings is 2. The van der Waals surface area contributed by atoms with Crippen molar-refractivity contribution in [2.75, 3.05) is 0 Å². The van der Waals surface area contributed by atoms with Gasteiger partial charge in [-0.15, -0.1) is 0 Å². The number of hydrogen-bond acceptors (Lipinski definition) is 1. The number of hydrogen-bond donors (Lipinski definition) is 0. The maximum atomic E-state index is 13.1. The summed E-state index contributed by atoms with van der Waals surface area (Å²) >= 11 is 5.58. The van der Waals surface area contributed by atoms with Crippen LogP contribution in [0.15, 0.2) is 48.8 Å². The zero-order valence-electron chi connectivity index (χ0n) is 10.0. The molecule has 20 heavy (non-hydrogen) atoms. The topological polar surface area (TPSA) is 17.8 Å². The summed E-state index contributed by atoms with van der Waals surface area (Å²) in [5.41, 5.74) is -0.564. The van der Waals surface area contributed by atoms with Crippen LogP contribution in [0.4, 0.5) is 13.2 Å². The molecule has 102 valence electrons. The third kappa shape index (κ3) is 2.04. The Balaban J connectivity index is 2.33. The molecule has 0 amide bonds. The Bertz CT molecular complexity index is 772. The Kier molecular flexibility index (Phi) is 2.94. The highest BCUT2D eigenvalue weighted by Crippen LogP contribution is 2.36. The summed E-state index contributed by atoms with van der Waals surface area (Å²) in [4.78, 5) is 3.57. The minimum Gasteiger partial charge on any atom is -0.293 e. The van der Waals surface area contributed by atoms with Gasteiger partial charge in [0.2, 0.25) is 0 Å². The highest BCUT2D eigenvalue weighted by molar-refractivity contribution is 6.30. The van der Waals surface area contributed by atoms with Crippen molar-refractivity contribution in [3.63, 3.8) is 0 Å². The van der Waals surface area contributed by atoms with Gasteiger partial charge in [-0.1, -0.05) is 48.0 Å². The first-order valence-corrected chi connectivity index (χ1v) is 6.14. The normalized spacial score (nSPS) is 12.0. The SMILES string of the molecule is FC(F)(F)c1c(Cl)ncn1-c1cccc2ccccc12.